The van der Waals surface area contributed by atoms with Crippen LogP contribution in [0.15, 0.2) is 170 Å². The van der Waals surface area contributed by atoms with E-state index in [9.17, 15) is 15.8 Å². The van der Waals surface area contributed by atoms with Gasteiger partial charge in [-0.2, -0.15) is 15.8 Å². The monoisotopic (exact) mass is 712 g/mol. The molecule has 0 bridgehead atoms. The quantitative estimate of drug-likeness (QED) is 0.177. The molecule has 0 unspecified atom stereocenters. The zero-order valence-electron chi connectivity index (χ0n) is 29.8. The van der Waals surface area contributed by atoms with Crippen LogP contribution in [0.4, 0.5) is 0 Å². The standard InChI is InChI=1S/C50H28N6/c51-28-32-11-15-34(16-12-32)36-19-21-42-40-7-1-3-9-45(40)55(47(42)24-36)49-26-39(30-53)44(38-6-5-23-54-31-38)27-50(49)56-46-10-4-2-8-41(46)43-22-20-37(25-48(43)56)35-17-13-33(29-52)14-18-35/h1-27,31H. The number of rotatable bonds is 5. The first-order valence-corrected chi connectivity index (χ1v) is 18.2. The summed E-state index contributed by atoms with van der Waals surface area (Å²) in [6.45, 7) is 0. The molecule has 3 aromatic heterocycles. The smallest absolute Gasteiger partial charge is 0.0999 e. The maximum absolute atomic E-state index is 10.8. The van der Waals surface area contributed by atoms with Gasteiger partial charge in [0.2, 0.25) is 0 Å². The molecule has 0 spiro atoms. The maximum atomic E-state index is 10.8. The summed E-state index contributed by atoms with van der Waals surface area (Å²) >= 11 is 0. The van der Waals surface area contributed by atoms with Gasteiger partial charge in [-0.1, -0.05) is 91.0 Å². The lowest BCUT2D eigenvalue weighted by molar-refractivity contribution is 1.09. The summed E-state index contributed by atoms with van der Waals surface area (Å²) in [4.78, 5) is 4.43. The van der Waals surface area contributed by atoms with Gasteiger partial charge in [0.15, 0.2) is 0 Å². The molecule has 7 aromatic carbocycles. The fourth-order valence-corrected chi connectivity index (χ4v) is 8.08. The van der Waals surface area contributed by atoms with Gasteiger partial charge < -0.3 is 9.13 Å². The van der Waals surface area contributed by atoms with Crippen molar-refractivity contribution in [2.45, 2.75) is 0 Å². The third-order valence-electron chi connectivity index (χ3n) is 10.7. The molecule has 0 fully saturated rings. The summed E-state index contributed by atoms with van der Waals surface area (Å²) in [6.07, 6.45) is 3.55. The lowest BCUT2D eigenvalue weighted by Crippen LogP contribution is -2.05. The molecule has 258 valence electrons. The third kappa shape index (κ3) is 5.12. The van der Waals surface area contributed by atoms with E-state index in [0.29, 0.717) is 16.7 Å². The zero-order chi connectivity index (χ0) is 37.8. The molecule has 0 N–H and O–H groups in total. The number of pyridine rings is 1. The number of para-hydroxylation sites is 2. The molecule has 56 heavy (non-hydrogen) atoms. The molecular weight excluding hydrogens is 685 g/mol. The average Bonchev–Trinajstić information content (AvgIpc) is 3.78. The van der Waals surface area contributed by atoms with E-state index in [4.69, 9.17) is 0 Å². The first-order valence-electron chi connectivity index (χ1n) is 18.2. The topological polar surface area (TPSA) is 94.1 Å². The van der Waals surface area contributed by atoms with Crippen LogP contribution in [0.25, 0.3) is 88.4 Å². The minimum Gasteiger partial charge on any atom is -0.307 e. The Labute approximate surface area is 322 Å². The molecule has 0 atom stereocenters. The highest BCUT2D eigenvalue weighted by Gasteiger charge is 2.23. The zero-order valence-corrected chi connectivity index (χ0v) is 29.8. The third-order valence-corrected chi connectivity index (χ3v) is 10.7. The lowest BCUT2D eigenvalue weighted by Gasteiger charge is -2.20. The molecule has 0 amide bonds. The fourth-order valence-electron chi connectivity index (χ4n) is 8.08. The summed E-state index contributed by atoms with van der Waals surface area (Å²) in [5.74, 6) is 0. The first kappa shape index (κ1) is 32.4. The van der Waals surface area contributed by atoms with Crippen molar-refractivity contribution in [3.8, 4) is 63.0 Å². The second kappa shape index (κ2) is 13.0. The number of hydrogen-bond acceptors (Lipinski definition) is 4. The Morgan fingerprint density at radius 2 is 0.875 bits per heavy atom. The van der Waals surface area contributed by atoms with Crippen molar-refractivity contribution >= 4 is 43.6 Å². The fraction of sp³-hybridized carbons (Fsp3) is 0. The van der Waals surface area contributed by atoms with Crippen molar-refractivity contribution in [3.05, 3.63) is 187 Å². The molecule has 0 saturated carbocycles. The largest absolute Gasteiger partial charge is 0.307 e. The molecule has 0 aliphatic heterocycles. The van der Waals surface area contributed by atoms with Crippen LogP contribution in [0, 0.1) is 34.0 Å². The van der Waals surface area contributed by atoms with Gasteiger partial charge in [0, 0.05) is 45.1 Å². The Kier molecular flexibility index (Phi) is 7.53. The number of nitrogens with zero attached hydrogens (tertiary/aromatic N) is 6. The van der Waals surface area contributed by atoms with E-state index in [0.717, 1.165) is 88.4 Å². The normalized spacial score (nSPS) is 11.2. The highest BCUT2D eigenvalue weighted by atomic mass is 15.1. The molecule has 10 rings (SSSR count). The summed E-state index contributed by atoms with van der Waals surface area (Å²) in [5, 5.41) is 34.1. The van der Waals surface area contributed by atoms with Crippen molar-refractivity contribution in [2.75, 3.05) is 0 Å². The van der Waals surface area contributed by atoms with Crippen molar-refractivity contribution in [3.63, 3.8) is 0 Å². The molecule has 6 nitrogen and oxygen atoms in total. The van der Waals surface area contributed by atoms with Crippen molar-refractivity contribution in [1.29, 1.82) is 15.8 Å². The molecule has 0 radical (unpaired) electrons. The first-order chi connectivity index (χ1) is 27.6. The minimum absolute atomic E-state index is 0.532. The average molecular weight is 713 g/mol. The van der Waals surface area contributed by atoms with Gasteiger partial charge in [0.05, 0.1) is 68.3 Å². The van der Waals surface area contributed by atoms with Crippen LogP contribution in [-0.4, -0.2) is 14.1 Å². The Hall–Kier alpha value is -8.24. The lowest BCUT2D eigenvalue weighted by atomic mass is 9.99. The van der Waals surface area contributed by atoms with E-state index in [1.54, 1.807) is 12.4 Å². The van der Waals surface area contributed by atoms with Crippen molar-refractivity contribution < 1.29 is 0 Å². The Balaban J connectivity index is 1.33. The van der Waals surface area contributed by atoms with Gasteiger partial charge in [0.1, 0.15) is 0 Å². The molecule has 0 aliphatic rings. The highest BCUT2D eigenvalue weighted by Crippen LogP contribution is 2.42. The van der Waals surface area contributed by atoms with Crippen LogP contribution in [0.2, 0.25) is 0 Å². The van der Waals surface area contributed by atoms with Gasteiger partial charge >= 0.3 is 0 Å². The second-order valence-corrected chi connectivity index (χ2v) is 13.8. The molecule has 3 heterocycles. The Morgan fingerprint density at radius 1 is 0.393 bits per heavy atom. The SMILES string of the molecule is N#Cc1ccc(-c2ccc3c4ccccc4n(-c4cc(C#N)c(-c5cccnc5)cc4-n4c5ccccc5c5ccc(-c6ccc(C#N)cc6)cc54)c3c2)cc1. The Bertz CT molecular complexity index is 3310. The number of nitriles is 3. The van der Waals surface area contributed by atoms with Crippen molar-refractivity contribution in [1.82, 2.24) is 14.1 Å². The van der Waals surface area contributed by atoms with E-state index >= 15 is 0 Å². The van der Waals surface area contributed by atoms with Crippen molar-refractivity contribution in [2.24, 2.45) is 0 Å². The van der Waals surface area contributed by atoms with E-state index < -0.39 is 0 Å². The van der Waals surface area contributed by atoms with E-state index in [1.165, 1.54) is 0 Å². The minimum atomic E-state index is 0.532. The second-order valence-electron chi connectivity index (χ2n) is 13.8. The van der Waals surface area contributed by atoms with Crippen LogP contribution in [0.5, 0.6) is 0 Å². The summed E-state index contributed by atoms with van der Waals surface area (Å²) in [6, 6.07) is 60.2. The maximum Gasteiger partial charge on any atom is 0.0999 e. The van der Waals surface area contributed by atoms with Gasteiger partial charge in [-0.3, -0.25) is 4.98 Å². The van der Waals surface area contributed by atoms with E-state index in [2.05, 4.69) is 123 Å². The van der Waals surface area contributed by atoms with Crippen LogP contribution in [-0.2, 0) is 0 Å². The Morgan fingerprint density at radius 3 is 1.36 bits per heavy atom. The summed E-state index contributed by atoms with van der Waals surface area (Å²) < 4.78 is 4.60. The van der Waals surface area contributed by atoms with E-state index in [-0.39, 0.29) is 0 Å². The van der Waals surface area contributed by atoms with E-state index in [1.807, 2.05) is 66.7 Å². The molecular formula is C50H28N6. The molecule has 6 heteroatoms. The number of hydrogen-bond donors (Lipinski definition) is 0. The molecule has 10 aromatic rings. The number of benzene rings is 7. The van der Waals surface area contributed by atoms with Crippen LogP contribution in [0.3, 0.4) is 0 Å². The van der Waals surface area contributed by atoms with Crippen LogP contribution >= 0.6 is 0 Å². The summed E-state index contributed by atoms with van der Waals surface area (Å²) in [7, 11) is 0. The molecule has 0 saturated heterocycles. The predicted octanol–water partition coefficient (Wildman–Crippen LogP) is 11.9. The van der Waals surface area contributed by atoms with Gasteiger partial charge in [-0.25, -0.2) is 0 Å². The van der Waals surface area contributed by atoms with Crippen LogP contribution in [0.1, 0.15) is 16.7 Å². The van der Waals surface area contributed by atoms with Gasteiger partial charge in [-0.15, -0.1) is 0 Å². The van der Waals surface area contributed by atoms with Gasteiger partial charge in [-0.05, 0) is 89.0 Å². The highest BCUT2D eigenvalue weighted by molar-refractivity contribution is 6.13. The van der Waals surface area contributed by atoms with Crippen LogP contribution < -0.4 is 0 Å². The number of aromatic nitrogens is 3. The summed E-state index contributed by atoms with van der Waals surface area (Å²) in [5.41, 5.74) is 13.2. The molecule has 0 aliphatic carbocycles. The predicted molar refractivity (Wildman–Crippen MR) is 223 cm³/mol. The van der Waals surface area contributed by atoms with Gasteiger partial charge in [0.25, 0.3) is 0 Å². The number of fused-ring (bicyclic) bond motifs is 6.